The summed E-state index contributed by atoms with van der Waals surface area (Å²) in [5.41, 5.74) is 5.20. The van der Waals surface area contributed by atoms with Crippen LogP contribution in [0, 0.1) is 6.92 Å². The van der Waals surface area contributed by atoms with Gasteiger partial charge in [-0.15, -0.1) is 0 Å². The fraction of sp³-hybridized carbons (Fsp3) is 0.500. The van der Waals surface area contributed by atoms with E-state index in [1.165, 1.54) is 6.07 Å². The summed E-state index contributed by atoms with van der Waals surface area (Å²) in [6, 6.07) is 4.57. The van der Waals surface area contributed by atoms with Crippen LogP contribution in [0.15, 0.2) is 23.1 Å². The topological polar surface area (TPSA) is 113 Å². The quantitative estimate of drug-likeness (QED) is 0.550. The maximum Gasteiger partial charge on any atom is 0.241 e. The van der Waals surface area contributed by atoms with E-state index in [9.17, 15) is 18.6 Å². The molecule has 19 heavy (non-hydrogen) atoms. The van der Waals surface area contributed by atoms with Crippen molar-refractivity contribution in [1.29, 1.82) is 0 Å². The van der Waals surface area contributed by atoms with E-state index in [-0.39, 0.29) is 11.3 Å². The number of hydrogen-bond donors (Lipinski definition) is 4. The van der Waals surface area contributed by atoms with Gasteiger partial charge < -0.3 is 15.9 Å². The molecule has 0 unspecified atom stereocenters. The molecule has 1 aromatic carbocycles. The minimum atomic E-state index is -3.86. The minimum absolute atomic E-state index is 0.0484. The molecule has 0 aromatic heterocycles. The summed E-state index contributed by atoms with van der Waals surface area (Å²) in [6.07, 6.45) is 0.264. The molecule has 1 aromatic rings. The van der Waals surface area contributed by atoms with Crippen LogP contribution in [0.2, 0.25) is 0 Å². The molecule has 0 radical (unpaired) electrons. The van der Waals surface area contributed by atoms with Gasteiger partial charge in [-0.25, -0.2) is 13.1 Å². The first kappa shape index (κ1) is 15.9. The lowest BCUT2D eigenvalue weighted by Crippen LogP contribution is -2.53. The highest BCUT2D eigenvalue weighted by molar-refractivity contribution is 7.89. The van der Waals surface area contributed by atoms with E-state index in [4.69, 9.17) is 5.73 Å². The summed E-state index contributed by atoms with van der Waals surface area (Å²) in [5, 5.41) is 18.6. The first-order valence-corrected chi connectivity index (χ1v) is 7.40. The van der Waals surface area contributed by atoms with Crippen LogP contribution >= 0.6 is 0 Å². The summed E-state index contributed by atoms with van der Waals surface area (Å²) in [4.78, 5) is 0.0484. The predicted octanol–water partition coefficient (Wildman–Crippen LogP) is -0.0111. The number of anilines is 1. The average molecular weight is 288 g/mol. The Labute approximate surface area is 113 Å². The van der Waals surface area contributed by atoms with E-state index in [1.54, 1.807) is 26.0 Å². The van der Waals surface area contributed by atoms with E-state index in [2.05, 4.69) is 4.72 Å². The molecule has 0 aliphatic carbocycles. The number of aliphatic hydroxyl groups excluding tert-OH is 2. The summed E-state index contributed by atoms with van der Waals surface area (Å²) >= 11 is 0. The van der Waals surface area contributed by atoms with Gasteiger partial charge in [0.1, 0.15) is 0 Å². The Morgan fingerprint density at radius 3 is 2.37 bits per heavy atom. The zero-order valence-electron chi connectivity index (χ0n) is 11.0. The highest BCUT2D eigenvalue weighted by Gasteiger charge is 2.33. The molecular weight excluding hydrogens is 268 g/mol. The molecule has 5 N–H and O–H groups in total. The number of aliphatic hydroxyl groups is 2. The van der Waals surface area contributed by atoms with Gasteiger partial charge >= 0.3 is 0 Å². The third-order valence-electron chi connectivity index (χ3n) is 3.13. The highest BCUT2D eigenvalue weighted by Crippen LogP contribution is 2.21. The van der Waals surface area contributed by atoms with Gasteiger partial charge in [0.15, 0.2) is 0 Å². The van der Waals surface area contributed by atoms with Gasteiger partial charge in [0.2, 0.25) is 10.0 Å². The van der Waals surface area contributed by atoms with E-state index >= 15 is 0 Å². The largest absolute Gasteiger partial charge is 0.399 e. The first-order valence-electron chi connectivity index (χ1n) is 5.92. The van der Waals surface area contributed by atoms with Crippen LogP contribution < -0.4 is 10.5 Å². The van der Waals surface area contributed by atoms with E-state index in [1.807, 2.05) is 0 Å². The van der Waals surface area contributed by atoms with Crippen LogP contribution in [0.4, 0.5) is 5.69 Å². The Morgan fingerprint density at radius 2 is 1.89 bits per heavy atom. The number of sulfonamides is 1. The first-order chi connectivity index (χ1) is 8.80. The molecule has 0 aliphatic heterocycles. The molecule has 0 bridgehead atoms. The molecule has 0 saturated carbocycles. The second-order valence-corrected chi connectivity index (χ2v) is 6.23. The number of rotatable bonds is 6. The van der Waals surface area contributed by atoms with Gasteiger partial charge in [-0.05, 0) is 31.0 Å². The van der Waals surface area contributed by atoms with Crippen molar-refractivity contribution in [3.05, 3.63) is 23.8 Å². The lowest BCUT2D eigenvalue weighted by molar-refractivity contribution is 0.105. The Morgan fingerprint density at radius 1 is 1.32 bits per heavy atom. The van der Waals surface area contributed by atoms with E-state index < -0.39 is 28.8 Å². The number of nitrogens with one attached hydrogen (secondary N) is 1. The van der Waals surface area contributed by atoms with Crippen LogP contribution in [-0.4, -0.2) is 37.4 Å². The fourth-order valence-electron chi connectivity index (χ4n) is 1.66. The second kappa shape index (κ2) is 5.87. The number of hydrogen-bond acceptors (Lipinski definition) is 5. The van der Waals surface area contributed by atoms with Crippen LogP contribution in [0.1, 0.15) is 18.9 Å². The van der Waals surface area contributed by atoms with Crippen molar-refractivity contribution in [1.82, 2.24) is 4.72 Å². The number of nitrogen functional groups attached to an aromatic ring is 1. The molecule has 0 heterocycles. The Kier molecular flexibility index (Phi) is 4.92. The number of benzene rings is 1. The van der Waals surface area contributed by atoms with Gasteiger partial charge in [0.05, 0.1) is 23.6 Å². The summed E-state index contributed by atoms with van der Waals surface area (Å²) in [6.45, 7) is 2.36. The zero-order chi connectivity index (χ0) is 14.7. The van der Waals surface area contributed by atoms with Gasteiger partial charge in [0, 0.05) is 5.69 Å². The summed E-state index contributed by atoms with van der Waals surface area (Å²) in [5.74, 6) is 0. The van der Waals surface area contributed by atoms with Crippen LogP contribution in [0.5, 0.6) is 0 Å². The highest BCUT2D eigenvalue weighted by atomic mass is 32.2. The number of aryl methyl sites for hydroxylation is 1. The monoisotopic (exact) mass is 288 g/mol. The van der Waals surface area contributed by atoms with Crippen molar-refractivity contribution >= 4 is 15.7 Å². The SMILES string of the molecule is CCC(CO)(CO)NS(=O)(=O)c1cc(N)ccc1C. The molecule has 108 valence electrons. The molecular formula is C12H20N2O4S. The third-order valence-corrected chi connectivity index (χ3v) is 4.86. The normalized spacial score (nSPS) is 12.6. The molecule has 0 fully saturated rings. The third kappa shape index (κ3) is 3.44. The summed E-state index contributed by atoms with van der Waals surface area (Å²) in [7, 11) is -3.86. The average Bonchev–Trinajstić information content (AvgIpc) is 2.39. The van der Waals surface area contributed by atoms with E-state index in [0.717, 1.165) is 0 Å². The minimum Gasteiger partial charge on any atom is -0.399 e. The maximum atomic E-state index is 12.3. The maximum absolute atomic E-state index is 12.3. The Balaban J connectivity index is 3.21. The molecule has 0 atom stereocenters. The Hall–Kier alpha value is -1.15. The van der Waals surface area contributed by atoms with Crippen molar-refractivity contribution in [2.24, 2.45) is 0 Å². The molecule has 0 saturated heterocycles. The smallest absolute Gasteiger partial charge is 0.241 e. The van der Waals surface area contributed by atoms with Crippen molar-refractivity contribution in [3.8, 4) is 0 Å². The molecule has 6 nitrogen and oxygen atoms in total. The van der Waals surface area contributed by atoms with Crippen LogP contribution in [0.3, 0.4) is 0 Å². The predicted molar refractivity (Wildman–Crippen MR) is 73.1 cm³/mol. The van der Waals surface area contributed by atoms with Crippen molar-refractivity contribution < 1.29 is 18.6 Å². The van der Waals surface area contributed by atoms with Crippen molar-refractivity contribution in [2.75, 3.05) is 18.9 Å². The molecule has 0 amide bonds. The number of nitrogens with two attached hydrogens (primary N) is 1. The van der Waals surface area contributed by atoms with Crippen LogP contribution in [-0.2, 0) is 10.0 Å². The Bertz CT molecular complexity index is 530. The lowest BCUT2D eigenvalue weighted by atomic mass is 10.0. The molecule has 1 rings (SSSR count). The summed E-state index contributed by atoms with van der Waals surface area (Å²) < 4.78 is 27.0. The van der Waals surface area contributed by atoms with Gasteiger partial charge in [0.25, 0.3) is 0 Å². The van der Waals surface area contributed by atoms with Gasteiger partial charge in [-0.1, -0.05) is 13.0 Å². The standard InChI is InChI=1S/C12H20N2O4S/c1-3-12(7-15,8-16)14-19(17,18)11-6-10(13)5-4-9(11)2/h4-6,14-16H,3,7-8,13H2,1-2H3. The molecule has 0 spiro atoms. The second-order valence-electron chi connectivity index (χ2n) is 4.58. The van der Waals surface area contributed by atoms with Crippen molar-refractivity contribution in [3.63, 3.8) is 0 Å². The fourth-order valence-corrected chi connectivity index (χ4v) is 3.39. The molecule has 7 heteroatoms. The molecule has 0 aliphatic rings. The van der Waals surface area contributed by atoms with Crippen molar-refractivity contribution in [2.45, 2.75) is 30.7 Å². The van der Waals surface area contributed by atoms with E-state index in [0.29, 0.717) is 11.3 Å². The van der Waals surface area contributed by atoms with Crippen LogP contribution in [0.25, 0.3) is 0 Å². The van der Waals surface area contributed by atoms with Gasteiger partial charge in [-0.2, -0.15) is 0 Å². The lowest BCUT2D eigenvalue weighted by Gasteiger charge is -2.29. The van der Waals surface area contributed by atoms with Gasteiger partial charge in [-0.3, -0.25) is 0 Å². The zero-order valence-corrected chi connectivity index (χ0v) is 11.9.